The highest BCUT2D eigenvalue weighted by Crippen LogP contribution is 2.40. The number of carbonyl (C=O) groups excluding carboxylic acids is 1. The van der Waals surface area contributed by atoms with Crippen molar-refractivity contribution in [2.45, 2.75) is 67.8 Å². The quantitative estimate of drug-likeness (QED) is 0.357. The maximum atomic E-state index is 11.4. The first-order valence-corrected chi connectivity index (χ1v) is 11.2. The smallest absolute Gasteiger partial charge is 0.224 e. The minimum Gasteiger partial charge on any atom is -0.494 e. The standard InChI is InChI=1S/C20H26IN5O2/c21-20(11-3-1-4-12-20)26-18(23-24-25-26)6-2-5-13-28-16-8-9-17-15(14-16)7-10-19(27)22-17/h8-9,14H,1-7,10-13H2,(H,22,27). The van der Waals surface area contributed by atoms with Crippen molar-refractivity contribution in [1.29, 1.82) is 0 Å². The van der Waals surface area contributed by atoms with Gasteiger partial charge in [-0.3, -0.25) is 4.79 Å². The van der Waals surface area contributed by atoms with Crippen molar-refractivity contribution in [2.24, 2.45) is 0 Å². The largest absolute Gasteiger partial charge is 0.494 e. The third-order valence-electron chi connectivity index (χ3n) is 5.57. The normalized spacial score (nSPS) is 18.4. The molecule has 4 rings (SSSR count). The second-order valence-corrected chi connectivity index (χ2v) is 9.67. The fourth-order valence-corrected chi connectivity index (χ4v) is 5.14. The molecule has 1 amide bonds. The molecule has 28 heavy (non-hydrogen) atoms. The van der Waals surface area contributed by atoms with Crippen molar-refractivity contribution >= 4 is 34.2 Å². The maximum Gasteiger partial charge on any atom is 0.224 e. The Bertz CT molecular complexity index is 832. The number of nitrogens with zero attached hydrogens (tertiary/aromatic N) is 4. The Kier molecular flexibility index (Phi) is 6.13. The lowest BCUT2D eigenvalue weighted by molar-refractivity contribution is -0.116. The van der Waals surface area contributed by atoms with Gasteiger partial charge in [0.25, 0.3) is 0 Å². The summed E-state index contributed by atoms with van der Waals surface area (Å²) in [6.45, 7) is 0.669. The number of halogens is 1. The van der Waals surface area contributed by atoms with Gasteiger partial charge in [-0.05, 0) is 66.3 Å². The van der Waals surface area contributed by atoms with Crippen molar-refractivity contribution in [1.82, 2.24) is 20.2 Å². The molecule has 0 atom stereocenters. The zero-order valence-electron chi connectivity index (χ0n) is 16.0. The number of rotatable bonds is 7. The Hall–Kier alpha value is -1.71. The van der Waals surface area contributed by atoms with Crippen molar-refractivity contribution in [3.63, 3.8) is 0 Å². The molecule has 2 heterocycles. The van der Waals surface area contributed by atoms with E-state index in [1.807, 2.05) is 18.2 Å². The molecule has 1 fully saturated rings. The number of fused-ring (bicyclic) bond motifs is 1. The number of carbonyl (C=O) groups is 1. The highest BCUT2D eigenvalue weighted by atomic mass is 127. The van der Waals surface area contributed by atoms with Gasteiger partial charge in [-0.1, -0.05) is 41.9 Å². The molecule has 1 saturated carbocycles. The van der Waals surface area contributed by atoms with Crippen LogP contribution in [0.5, 0.6) is 5.75 Å². The van der Waals surface area contributed by atoms with Crippen LogP contribution in [0.4, 0.5) is 5.69 Å². The molecule has 2 aromatic rings. The molecular formula is C20H26IN5O2. The van der Waals surface area contributed by atoms with Crippen LogP contribution in [0.3, 0.4) is 0 Å². The lowest BCUT2D eigenvalue weighted by atomic mass is 9.95. The molecular weight excluding hydrogens is 469 g/mol. The van der Waals surface area contributed by atoms with Gasteiger partial charge in [0.05, 0.1) is 6.61 Å². The SMILES string of the molecule is O=C1CCc2cc(OCCCCc3nnnn3C3(I)CCCCC3)ccc2N1. The zero-order chi connectivity index (χ0) is 19.4. The number of benzene rings is 1. The molecule has 1 aromatic carbocycles. The van der Waals surface area contributed by atoms with E-state index in [1.165, 1.54) is 19.3 Å². The maximum absolute atomic E-state index is 11.4. The lowest BCUT2D eigenvalue weighted by Gasteiger charge is -2.32. The van der Waals surface area contributed by atoms with Gasteiger partial charge in [0.1, 0.15) is 9.30 Å². The van der Waals surface area contributed by atoms with Gasteiger partial charge in [0.15, 0.2) is 5.82 Å². The average molecular weight is 495 g/mol. The molecule has 0 bridgehead atoms. The molecule has 1 aliphatic carbocycles. The van der Waals surface area contributed by atoms with Gasteiger partial charge in [-0.15, -0.1) is 5.10 Å². The molecule has 150 valence electrons. The summed E-state index contributed by atoms with van der Waals surface area (Å²) in [5.74, 6) is 1.94. The van der Waals surface area contributed by atoms with Crippen molar-refractivity contribution in [2.75, 3.05) is 11.9 Å². The van der Waals surface area contributed by atoms with Crippen molar-refractivity contribution in [3.8, 4) is 5.75 Å². The number of aryl methyl sites for hydroxylation is 2. The van der Waals surface area contributed by atoms with Gasteiger partial charge in [-0.2, -0.15) is 0 Å². The van der Waals surface area contributed by atoms with Crippen LogP contribution in [0.15, 0.2) is 18.2 Å². The van der Waals surface area contributed by atoms with Crippen molar-refractivity contribution in [3.05, 3.63) is 29.6 Å². The van der Waals surface area contributed by atoms with Gasteiger partial charge >= 0.3 is 0 Å². The zero-order valence-corrected chi connectivity index (χ0v) is 18.2. The van der Waals surface area contributed by atoms with E-state index in [0.717, 1.165) is 61.3 Å². The van der Waals surface area contributed by atoms with E-state index in [1.54, 1.807) is 0 Å². The van der Waals surface area contributed by atoms with E-state index in [-0.39, 0.29) is 9.45 Å². The van der Waals surface area contributed by atoms with Gasteiger partial charge in [0.2, 0.25) is 5.91 Å². The average Bonchev–Trinajstić information content (AvgIpc) is 3.18. The predicted octanol–water partition coefficient (Wildman–Crippen LogP) is 4.01. The number of anilines is 1. The Labute approximate surface area is 178 Å². The molecule has 0 unspecified atom stereocenters. The number of alkyl halides is 1. The van der Waals surface area contributed by atoms with E-state index in [4.69, 9.17) is 4.74 Å². The number of amides is 1. The molecule has 1 aromatic heterocycles. The van der Waals surface area contributed by atoms with Crippen LogP contribution in [0.1, 0.15) is 62.8 Å². The Morgan fingerprint density at radius 2 is 2.04 bits per heavy atom. The van der Waals surface area contributed by atoms with Crippen LogP contribution in [-0.2, 0) is 21.2 Å². The summed E-state index contributed by atoms with van der Waals surface area (Å²) >= 11 is 2.54. The van der Waals surface area contributed by atoms with Crippen molar-refractivity contribution < 1.29 is 9.53 Å². The van der Waals surface area contributed by atoms with Crippen LogP contribution in [0, 0.1) is 0 Å². The third kappa shape index (κ3) is 4.47. The predicted molar refractivity (Wildman–Crippen MR) is 115 cm³/mol. The monoisotopic (exact) mass is 495 g/mol. The summed E-state index contributed by atoms with van der Waals surface area (Å²) in [6, 6.07) is 5.89. The fraction of sp³-hybridized carbons (Fsp3) is 0.600. The number of ether oxygens (including phenoxy) is 1. The number of tetrazole rings is 1. The number of hydrogen-bond donors (Lipinski definition) is 1. The number of hydrogen-bond acceptors (Lipinski definition) is 5. The molecule has 1 aliphatic heterocycles. The van der Waals surface area contributed by atoms with E-state index in [0.29, 0.717) is 13.0 Å². The second-order valence-electron chi connectivity index (χ2n) is 7.66. The summed E-state index contributed by atoms with van der Waals surface area (Å²) in [7, 11) is 0. The summed E-state index contributed by atoms with van der Waals surface area (Å²) < 4.78 is 8.02. The van der Waals surface area contributed by atoms with Gasteiger partial charge < -0.3 is 10.1 Å². The van der Waals surface area contributed by atoms with Gasteiger partial charge in [-0.25, -0.2) is 4.68 Å². The molecule has 8 heteroatoms. The number of aromatic nitrogens is 4. The van der Waals surface area contributed by atoms with Gasteiger partial charge in [0, 0.05) is 18.5 Å². The summed E-state index contributed by atoms with van der Waals surface area (Å²) in [5, 5.41) is 15.4. The highest BCUT2D eigenvalue weighted by molar-refractivity contribution is 14.1. The minimum atomic E-state index is 0.0455. The van der Waals surface area contributed by atoms with E-state index >= 15 is 0 Å². The fourth-order valence-electron chi connectivity index (χ4n) is 4.00. The number of unbranched alkanes of at least 4 members (excludes halogenated alkanes) is 1. The summed E-state index contributed by atoms with van der Waals surface area (Å²) in [4.78, 5) is 11.4. The molecule has 0 saturated heterocycles. The third-order valence-corrected chi connectivity index (χ3v) is 7.10. The van der Waals surface area contributed by atoms with Crippen LogP contribution >= 0.6 is 22.6 Å². The lowest BCUT2D eigenvalue weighted by Crippen LogP contribution is -2.32. The van der Waals surface area contributed by atoms with Crippen LogP contribution in [-0.4, -0.2) is 32.7 Å². The Morgan fingerprint density at radius 1 is 1.18 bits per heavy atom. The first kappa shape index (κ1) is 19.6. The van der Waals surface area contributed by atoms with Crippen LogP contribution in [0.25, 0.3) is 0 Å². The molecule has 0 radical (unpaired) electrons. The van der Waals surface area contributed by atoms with Crippen LogP contribution < -0.4 is 10.1 Å². The second kappa shape index (κ2) is 8.75. The molecule has 2 aliphatic rings. The number of nitrogens with one attached hydrogen (secondary N) is 1. The van der Waals surface area contributed by atoms with E-state index in [9.17, 15) is 4.79 Å². The van der Waals surface area contributed by atoms with Crippen LogP contribution in [0.2, 0.25) is 0 Å². The first-order chi connectivity index (χ1) is 13.6. The van der Waals surface area contributed by atoms with E-state index in [2.05, 4.69) is 48.1 Å². The molecule has 0 spiro atoms. The Morgan fingerprint density at radius 3 is 2.89 bits per heavy atom. The Balaban J connectivity index is 1.25. The minimum absolute atomic E-state index is 0.0455. The highest BCUT2D eigenvalue weighted by Gasteiger charge is 2.34. The first-order valence-electron chi connectivity index (χ1n) is 10.2. The molecule has 1 N–H and O–H groups in total. The molecule has 7 nitrogen and oxygen atoms in total. The topological polar surface area (TPSA) is 81.9 Å². The summed E-state index contributed by atoms with van der Waals surface area (Å²) in [5.41, 5.74) is 2.06. The van der Waals surface area contributed by atoms with E-state index < -0.39 is 0 Å². The summed E-state index contributed by atoms with van der Waals surface area (Å²) in [6.07, 6.45) is 10.2.